The van der Waals surface area contributed by atoms with Gasteiger partial charge in [-0.2, -0.15) is 0 Å². The lowest BCUT2D eigenvalue weighted by molar-refractivity contribution is -0.148. The lowest BCUT2D eigenvalue weighted by Crippen LogP contribution is -2.57. The number of carbonyl (C=O) groups is 1. The van der Waals surface area contributed by atoms with E-state index in [0.29, 0.717) is 11.7 Å². The van der Waals surface area contributed by atoms with Crippen LogP contribution in [-0.2, 0) is 10.2 Å². The van der Waals surface area contributed by atoms with E-state index in [0.717, 1.165) is 43.5 Å². The minimum Gasteiger partial charge on any atom is -0.497 e. The van der Waals surface area contributed by atoms with Gasteiger partial charge in [-0.25, -0.2) is 0 Å². The minimum absolute atomic E-state index is 0.0190. The van der Waals surface area contributed by atoms with Gasteiger partial charge in [0.05, 0.1) is 7.11 Å². The first-order valence-electron chi connectivity index (χ1n) is 11.0. The standard InChI is InChI=1S/C24H33NO2/c1-27-21-4-2-20(3-5-21)23-12-18-10-19(13-23)15-24(14-18,16-23)22(26)11-17-6-8-25-9-7-17/h2-5,17-19,25H,6-16H2,1H3. The van der Waals surface area contributed by atoms with Crippen LogP contribution in [0.25, 0.3) is 0 Å². The van der Waals surface area contributed by atoms with E-state index in [2.05, 4.69) is 29.6 Å². The summed E-state index contributed by atoms with van der Waals surface area (Å²) in [6.45, 7) is 2.18. The van der Waals surface area contributed by atoms with Crippen LogP contribution < -0.4 is 10.1 Å². The highest BCUT2D eigenvalue weighted by Gasteiger charge is 2.60. The third-order valence-electron chi connectivity index (χ3n) is 8.29. The molecule has 5 aliphatic rings. The number of hydrogen-bond donors (Lipinski definition) is 1. The SMILES string of the molecule is COc1ccc(C23CC4CC(CC(C(=O)CC5CCNCC5)(C4)C2)C3)cc1. The summed E-state index contributed by atoms with van der Waals surface area (Å²) in [5.41, 5.74) is 1.67. The smallest absolute Gasteiger partial charge is 0.139 e. The molecular weight excluding hydrogens is 334 g/mol. The van der Waals surface area contributed by atoms with Gasteiger partial charge in [-0.1, -0.05) is 12.1 Å². The molecular formula is C24H33NO2. The summed E-state index contributed by atoms with van der Waals surface area (Å²) in [7, 11) is 1.73. The Kier molecular flexibility index (Phi) is 4.34. The number of rotatable bonds is 5. The summed E-state index contributed by atoms with van der Waals surface area (Å²) in [5, 5.41) is 3.44. The number of methoxy groups -OCH3 is 1. The number of nitrogens with one attached hydrogen (secondary N) is 1. The van der Waals surface area contributed by atoms with Crippen LogP contribution in [0.2, 0.25) is 0 Å². The maximum atomic E-state index is 13.6. The summed E-state index contributed by atoms with van der Waals surface area (Å²) >= 11 is 0. The summed E-state index contributed by atoms with van der Waals surface area (Å²) in [6, 6.07) is 8.77. The first-order chi connectivity index (χ1) is 13.1. The molecule has 1 aromatic carbocycles. The van der Waals surface area contributed by atoms with Crippen molar-refractivity contribution in [3.05, 3.63) is 29.8 Å². The van der Waals surface area contributed by atoms with Crippen LogP contribution >= 0.6 is 0 Å². The van der Waals surface area contributed by atoms with Gasteiger partial charge in [-0.15, -0.1) is 0 Å². The van der Waals surface area contributed by atoms with Gasteiger partial charge in [-0.3, -0.25) is 4.79 Å². The zero-order chi connectivity index (χ0) is 18.5. The van der Waals surface area contributed by atoms with Gasteiger partial charge in [0.1, 0.15) is 11.5 Å². The van der Waals surface area contributed by atoms with Gasteiger partial charge in [0, 0.05) is 11.8 Å². The first-order valence-corrected chi connectivity index (χ1v) is 11.0. The Morgan fingerprint density at radius 2 is 1.74 bits per heavy atom. The molecule has 0 radical (unpaired) electrons. The predicted molar refractivity (Wildman–Crippen MR) is 107 cm³/mol. The Hall–Kier alpha value is -1.35. The second-order valence-electron chi connectivity index (χ2n) is 10.1. The summed E-state index contributed by atoms with van der Waals surface area (Å²) < 4.78 is 5.37. The fourth-order valence-electron chi connectivity index (χ4n) is 7.44. The van der Waals surface area contributed by atoms with Crippen LogP contribution in [0.3, 0.4) is 0 Å². The van der Waals surface area contributed by atoms with E-state index in [1.165, 1.54) is 50.5 Å². The highest BCUT2D eigenvalue weighted by molar-refractivity contribution is 5.86. The van der Waals surface area contributed by atoms with Crippen molar-refractivity contribution < 1.29 is 9.53 Å². The molecule has 5 fully saturated rings. The Morgan fingerprint density at radius 1 is 1.07 bits per heavy atom. The van der Waals surface area contributed by atoms with Crippen LogP contribution in [0.1, 0.15) is 63.4 Å². The van der Waals surface area contributed by atoms with Crippen molar-refractivity contribution >= 4 is 5.78 Å². The van der Waals surface area contributed by atoms with Crippen LogP contribution in [0.15, 0.2) is 24.3 Å². The molecule has 27 heavy (non-hydrogen) atoms. The zero-order valence-electron chi connectivity index (χ0n) is 16.6. The molecule has 4 saturated carbocycles. The van der Waals surface area contributed by atoms with Crippen molar-refractivity contribution in [1.29, 1.82) is 0 Å². The van der Waals surface area contributed by atoms with Gasteiger partial charge in [0.2, 0.25) is 0 Å². The highest BCUT2D eigenvalue weighted by atomic mass is 16.5. The molecule has 1 heterocycles. The fourth-order valence-corrected chi connectivity index (χ4v) is 7.44. The number of piperidine rings is 1. The fraction of sp³-hybridized carbons (Fsp3) is 0.708. The average molecular weight is 368 g/mol. The Labute approximate surface area is 163 Å². The molecule has 2 unspecified atom stereocenters. The molecule has 0 amide bonds. The number of ether oxygens (including phenoxy) is 1. The lowest BCUT2D eigenvalue weighted by atomic mass is 9.42. The number of hydrogen-bond acceptors (Lipinski definition) is 3. The van der Waals surface area contributed by atoms with Crippen molar-refractivity contribution in [1.82, 2.24) is 5.32 Å². The third-order valence-corrected chi connectivity index (χ3v) is 8.29. The quantitative estimate of drug-likeness (QED) is 0.833. The molecule has 4 bridgehead atoms. The number of Topliss-reactive ketones (excluding diaryl/α,β-unsaturated/α-hetero) is 1. The second-order valence-corrected chi connectivity index (χ2v) is 10.1. The second kappa shape index (κ2) is 6.62. The van der Waals surface area contributed by atoms with Crippen LogP contribution in [0.4, 0.5) is 0 Å². The van der Waals surface area contributed by atoms with Crippen molar-refractivity contribution in [3.8, 4) is 5.75 Å². The molecule has 3 nitrogen and oxygen atoms in total. The number of carbonyl (C=O) groups excluding carboxylic acids is 1. The van der Waals surface area contributed by atoms with Crippen molar-refractivity contribution in [2.45, 2.75) is 63.2 Å². The van der Waals surface area contributed by atoms with E-state index in [-0.39, 0.29) is 10.8 Å². The van der Waals surface area contributed by atoms with E-state index >= 15 is 0 Å². The van der Waals surface area contributed by atoms with Crippen LogP contribution in [0, 0.1) is 23.2 Å². The zero-order valence-corrected chi connectivity index (χ0v) is 16.6. The maximum absolute atomic E-state index is 13.6. The maximum Gasteiger partial charge on any atom is 0.139 e. The van der Waals surface area contributed by atoms with Gasteiger partial charge in [-0.05, 0) is 105 Å². The van der Waals surface area contributed by atoms with Crippen LogP contribution in [0.5, 0.6) is 5.75 Å². The van der Waals surface area contributed by atoms with E-state index in [1.807, 2.05) is 0 Å². The van der Waals surface area contributed by atoms with Crippen molar-refractivity contribution in [3.63, 3.8) is 0 Å². The van der Waals surface area contributed by atoms with E-state index < -0.39 is 0 Å². The molecule has 1 N–H and O–H groups in total. The van der Waals surface area contributed by atoms with E-state index in [1.54, 1.807) is 7.11 Å². The summed E-state index contributed by atoms with van der Waals surface area (Å²) in [6.07, 6.45) is 10.6. The molecule has 0 spiro atoms. The van der Waals surface area contributed by atoms with E-state index in [4.69, 9.17) is 4.74 Å². The molecule has 0 aromatic heterocycles. The summed E-state index contributed by atoms with van der Waals surface area (Å²) in [4.78, 5) is 13.6. The minimum atomic E-state index is -0.0190. The number of benzene rings is 1. The molecule has 6 rings (SSSR count). The Balaban J connectivity index is 1.41. The Morgan fingerprint density at radius 3 is 2.37 bits per heavy atom. The highest BCUT2D eigenvalue weighted by Crippen LogP contribution is 2.66. The molecule has 146 valence electrons. The Bertz CT molecular complexity index is 690. The van der Waals surface area contributed by atoms with Crippen molar-refractivity contribution in [2.75, 3.05) is 20.2 Å². The average Bonchev–Trinajstić information content (AvgIpc) is 2.68. The van der Waals surface area contributed by atoms with E-state index in [9.17, 15) is 4.79 Å². The van der Waals surface area contributed by atoms with Gasteiger partial charge in [0.15, 0.2) is 0 Å². The van der Waals surface area contributed by atoms with Gasteiger partial charge >= 0.3 is 0 Å². The predicted octanol–water partition coefficient (Wildman–Crippen LogP) is 4.49. The number of ketones is 1. The molecule has 3 heteroatoms. The van der Waals surface area contributed by atoms with Crippen molar-refractivity contribution in [2.24, 2.45) is 23.2 Å². The third kappa shape index (κ3) is 3.03. The largest absolute Gasteiger partial charge is 0.497 e. The topological polar surface area (TPSA) is 38.3 Å². The van der Waals surface area contributed by atoms with Gasteiger partial charge < -0.3 is 10.1 Å². The first kappa shape index (κ1) is 17.7. The van der Waals surface area contributed by atoms with Crippen LogP contribution in [-0.4, -0.2) is 26.0 Å². The monoisotopic (exact) mass is 367 g/mol. The summed E-state index contributed by atoms with van der Waals surface area (Å²) in [5.74, 6) is 3.67. The molecule has 2 atom stereocenters. The molecule has 1 aromatic rings. The van der Waals surface area contributed by atoms with Gasteiger partial charge in [0.25, 0.3) is 0 Å². The molecule has 1 saturated heterocycles. The molecule has 1 aliphatic heterocycles. The molecule has 4 aliphatic carbocycles. The normalized spacial score (nSPS) is 38.1. The lowest BCUT2D eigenvalue weighted by Gasteiger charge is -2.62.